The molecule has 0 saturated heterocycles. The van der Waals surface area contributed by atoms with E-state index in [1.165, 1.54) is 11.3 Å². The van der Waals surface area contributed by atoms with Gasteiger partial charge in [-0.2, -0.15) is 0 Å². The zero-order valence-corrected chi connectivity index (χ0v) is 15.6. The second-order valence-corrected chi connectivity index (χ2v) is 6.48. The summed E-state index contributed by atoms with van der Waals surface area (Å²) in [7, 11) is 0. The summed E-state index contributed by atoms with van der Waals surface area (Å²) in [6.45, 7) is 4.56. The van der Waals surface area contributed by atoms with E-state index in [2.05, 4.69) is 15.3 Å². The minimum absolute atomic E-state index is 0. The van der Waals surface area contributed by atoms with E-state index in [0.717, 1.165) is 16.4 Å². The largest absolute Gasteiger partial charge is 0.339 e. The number of thiazole rings is 2. The molecule has 124 valence electrons. The summed E-state index contributed by atoms with van der Waals surface area (Å²) in [5, 5.41) is 8.53. The van der Waals surface area contributed by atoms with Crippen molar-refractivity contribution in [3.63, 3.8) is 0 Å². The Morgan fingerprint density at radius 2 is 2.14 bits per heavy atom. The van der Waals surface area contributed by atoms with Crippen molar-refractivity contribution in [2.45, 2.75) is 32.2 Å². The topological polar surface area (TPSA) is 80.9 Å². The summed E-state index contributed by atoms with van der Waals surface area (Å²) in [5.74, 6) is -0.163. The molecule has 2 heterocycles. The van der Waals surface area contributed by atoms with E-state index in [-0.39, 0.29) is 30.7 Å². The lowest BCUT2D eigenvalue weighted by Crippen LogP contribution is -2.43. The van der Waals surface area contributed by atoms with E-state index < -0.39 is 5.54 Å². The van der Waals surface area contributed by atoms with E-state index in [1.807, 2.05) is 19.2 Å². The minimum Gasteiger partial charge on any atom is -0.339 e. The number of aromatic nitrogens is 2. The number of rotatable bonds is 6. The highest BCUT2D eigenvalue weighted by Gasteiger charge is 2.30. The maximum absolute atomic E-state index is 12.3. The first kappa shape index (κ1) is 21.3. The van der Waals surface area contributed by atoms with Crippen LogP contribution in [0.25, 0.3) is 0 Å². The number of hydrogen-bond donors (Lipinski definition) is 2. The first-order chi connectivity index (χ1) is 9.59. The Kier molecular flexibility index (Phi) is 9.11. The lowest BCUT2D eigenvalue weighted by atomic mass is 9.99. The summed E-state index contributed by atoms with van der Waals surface area (Å²) in [6.07, 6.45) is 3.23. The van der Waals surface area contributed by atoms with Gasteiger partial charge < -0.3 is 11.1 Å². The first-order valence-corrected chi connectivity index (χ1v) is 8.22. The molecular weight excluding hydrogens is 363 g/mol. The summed E-state index contributed by atoms with van der Waals surface area (Å²) in [4.78, 5) is 20.9. The van der Waals surface area contributed by atoms with Crippen LogP contribution in [0.15, 0.2) is 17.0 Å². The van der Waals surface area contributed by atoms with Crippen molar-refractivity contribution in [3.05, 3.63) is 32.7 Å². The molecule has 2 rings (SSSR count). The van der Waals surface area contributed by atoms with E-state index in [4.69, 9.17) is 5.73 Å². The SMILES string of the molecule is CCC(C)(NC(=O)c1csc(CCN)n1)c1nccs1.Cl.Cl. The molecule has 0 aliphatic carbocycles. The van der Waals surface area contributed by atoms with E-state index in [9.17, 15) is 4.79 Å². The van der Waals surface area contributed by atoms with Gasteiger partial charge in [0.05, 0.1) is 10.5 Å². The second kappa shape index (κ2) is 9.42. The number of nitrogens with zero attached hydrogens (tertiary/aromatic N) is 2. The van der Waals surface area contributed by atoms with E-state index in [1.54, 1.807) is 22.9 Å². The average molecular weight is 383 g/mol. The third kappa shape index (κ3) is 4.89. The Morgan fingerprint density at radius 1 is 1.41 bits per heavy atom. The fourth-order valence-electron chi connectivity index (χ4n) is 1.76. The molecule has 1 atom stereocenters. The van der Waals surface area contributed by atoms with Crippen molar-refractivity contribution in [2.24, 2.45) is 5.73 Å². The molecule has 0 radical (unpaired) electrons. The van der Waals surface area contributed by atoms with Gasteiger partial charge in [-0.15, -0.1) is 47.5 Å². The van der Waals surface area contributed by atoms with Crippen molar-refractivity contribution < 1.29 is 4.79 Å². The van der Waals surface area contributed by atoms with Crippen LogP contribution in [-0.4, -0.2) is 22.4 Å². The summed E-state index contributed by atoms with van der Waals surface area (Å²) in [6, 6.07) is 0. The third-order valence-electron chi connectivity index (χ3n) is 3.14. The van der Waals surface area contributed by atoms with Gasteiger partial charge in [0.25, 0.3) is 5.91 Å². The summed E-state index contributed by atoms with van der Waals surface area (Å²) >= 11 is 3.01. The smallest absolute Gasteiger partial charge is 0.271 e. The molecule has 2 aromatic heterocycles. The zero-order chi connectivity index (χ0) is 14.6. The molecule has 1 unspecified atom stereocenters. The molecule has 2 aromatic rings. The fourth-order valence-corrected chi connectivity index (χ4v) is 3.38. The van der Waals surface area contributed by atoms with Crippen molar-refractivity contribution >= 4 is 53.4 Å². The van der Waals surface area contributed by atoms with Crippen LogP contribution in [0.5, 0.6) is 0 Å². The molecule has 22 heavy (non-hydrogen) atoms. The Morgan fingerprint density at radius 3 is 2.68 bits per heavy atom. The molecule has 0 fully saturated rings. The summed E-state index contributed by atoms with van der Waals surface area (Å²) in [5.41, 5.74) is 5.49. The Balaban J connectivity index is 0.00000220. The highest BCUT2D eigenvalue weighted by Crippen LogP contribution is 2.26. The van der Waals surface area contributed by atoms with Gasteiger partial charge in [-0.3, -0.25) is 4.79 Å². The molecule has 0 aromatic carbocycles. The number of amides is 1. The molecule has 0 aliphatic heterocycles. The Hall–Kier alpha value is -0.730. The van der Waals surface area contributed by atoms with Gasteiger partial charge in [-0.05, 0) is 19.9 Å². The normalized spacial score (nSPS) is 12.7. The quantitative estimate of drug-likeness (QED) is 0.804. The number of nitrogens with two attached hydrogens (primary N) is 1. The van der Waals surface area contributed by atoms with Gasteiger partial charge in [0, 0.05) is 23.4 Å². The van der Waals surface area contributed by atoms with Crippen LogP contribution in [-0.2, 0) is 12.0 Å². The van der Waals surface area contributed by atoms with Gasteiger partial charge in [-0.25, -0.2) is 9.97 Å². The van der Waals surface area contributed by atoms with Crippen molar-refractivity contribution in [1.29, 1.82) is 0 Å². The maximum atomic E-state index is 12.3. The molecule has 9 heteroatoms. The van der Waals surface area contributed by atoms with Gasteiger partial charge in [0.1, 0.15) is 10.7 Å². The van der Waals surface area contributed by atoms with Gasteiger partial charge >= 0.3 is 0 Å². The maximum Gasteiger partial charge on any atom is 0.271 e. The Bertz CT molecular complexity index is 576. The van der Waals surface area contributed by atoms with Crippen molar-refractivity contribution in [1.82, 2.24) is 15.3 Å². The van der Waals surface area contributed by atoms with E-state index >= 15 is 0 Å². The molecule has 5 nitrogen and oxygen atoms in total. The van der Waals surface area contributed by atoms with Crippen LogP contribution in [0.4, 0.5) is 0 Å². The molecule has 0 saturated carbocycles. The van der Waals surface area contributed by atoms with Crippen LogP contribution < -0.4 is 11.1 Å². The van der Waals surface area contributed by atoms with Crippen LogP contribution in [0.2, 0.25) is 0 Å². The molecule has 0 aliphatic rings. The monoisotopic (exact) mass is 382 g/mol. The highest BCUT2D eigenvalue weighted by atomic mass is 35.5. The van der Waals surface area contributed by atoms with Crippen LogP contribution >= 0.6 is 47.5 Å². The fraction of sp³-hybridized carbons (Fsp3) is 0.462. The lowest BCUT2D eigenvalue weighted by Gasteiger charge is -2.26. The predicted octanol–water partition coefficient (Wildman–Crippen LogP) is 3.00. The standard InChI is InChI=1S/C13H18N4OS2.2ClH/c1-3-13(2,12-15-6-7-19-12)17-11(18)9-8-20-10(16-9)4-5-14;;/h6-8H,3-5,14H2,1-2H3,(H,17,18);2*1H. The lowest BCUT2D eigenvalue weighted by molar-refractivity contribution is 0.0897. The van der Waals surface area contributed by atoms with Gasteiger partial charge in [-0.1, -0.05) is 6.92 Å². The van der Waals surface area contributed by atoms with Crippen LogP contribution in [0.3, 0.4) is 0 Å². The van der Waals surface area contributed by atoms with Crippen molar-refractivity contribution in [2.75, 3.05) is 6.54 Å². The highest BCUT2D eigenvalue weighted by molar-refractivity contribution is 7.10. The number of hydrogen-bond acceptors (Lipinski definition) is 6. The molecule has 1 amide bonds. The van der Waals surface area contributed by atoms with Crippen molar-refractivity contribution in [3.8, 4) is 0 Å². The number of nitrogens with one attached hydrogen (secondary N) is 1. The van der Waals surface area contributed by atoms with Gasteiger partial charge in [0.2, 0.25) is 0 Å². The van der Waals surface area contributed by atoms with E-state index in [0.29, 0.717) is 18.7 Å². The van der Waals surface area contributed by atoms with Gasteiger partial charge in [0.15, 0.2) is 0 Å². The molecular formula is C13H20Cl2N4OS2. The van der Waals surface area contributed by atoms with Crippen LogP contribution in [0.1, 0.15) is 40.8 Å². The molecule has 0 bridgehead atoms. The Labute approximate surface area is 150 Å². The van der Waals surface area contributed by atoms with Crippen LogP contribution in [0, 0.1) is 0 Å². The zero-order valence-electron chi connectivity index (χ0n) is 12.4. The second-order valence-electron chi connectivity index (χ2n) is 4.64. The number of carbonyl (C=O) groups excluding carboxylic acids is 1. The third-order valence-corrected chi connectivity index (χ3v) is 5.09. The molecule has 0 spiro atoms. The average Bonchev–Trinajstić information content (AvgIpc) is 3.10. The molecule has 3 N–H and O–H groups in total. The number of carbonyl (C=O) groups is 1. The first-order valence-electron chi connectivity index (χ1n) is 6.46. The minimum atomic E-state index is -0.455. The summed E-state index contributed by atoms with van der Waals surface area (Å²) < 4.78 is 0. The predicted molar refractivity (Wildman–Crippen MR) is 96.6 cm³/mol. The number of halogens is 2.